The highest BCUT2D eigenvalue weighted by Gasteiger charge is 2.35. The Labute approximate surface area is 190 Å². The van der Waals surface area contributed by atoms with E-state index in [4.69, 9.17) is 14.4 Å². The molecule has 0 unspecified atom stereocenters. The van der Waals surface area contributed by atoms with E-state index < -0.39 is 29.3 Å². The van der Waals surface area contributed by atoms with Crippen molar-refractivity contribution in [2.45, 2.75) is 32.7 Å². The van der Waals surface area contributed by atoms with Gasteiger partial charge in [-0.1, -0.05) is 23.4 Å². The molecule has 176 valence electrons. The van der Waals surface area contributed by atoms with Crippen molar-refractivity contribution >= 4 is 5.97 Å². The molecule has 1 N–H and O–H groups in total. The molecule has 0 fully saturated rings. The SMILES string of the molecule is Cc1c(-c2ccccc2C(F)(F)F)nnn1C(C)(C)Oc1ccc(-c2nc(C(=O)O)no2)cc1. The third-order valence-electron chi connectivity index (χ3n) is 4.98. The fraction of sp³-hybridized carbons (Fsp3) is 0.227. The molecular weight excluding hydrogens is 455 g/mol. The number of hydrogen-bond donors (Lipinski definition) is 1. The molecule has 0 aliphatic heterocycles. The van der Waals surface area contributed by atoms with Crippen LogP contribution < -0.4 is 4.74 Å². The van der Waals surface area contributed by atoms with E-state index in [0.29, 0.717) is 17.0 Å². The Hall–Kier alpha value is -4.22. The van der Waals surface area contributed by atoms with E-state index in [1.54, 1.807) is 45.0 Å². The molecule has 0 bridgehead atoms. The van der Waals surface area contributed by atoms with E-state index in [1.165, 1.54) is 22.9 Å². The number of aromatic nitrogens is 5. The fourth-order valence-electron chi connectivity index (χ4n) is 3.45. The summed E-state index contributed by atoms with van der Waals surface area (Å²) in [5.74, 6) is -1.32. The van der Waals surface area contributed by atoms with Crippen molar-refractivity contribution in [1.29, 1.82) is 0 Å². The second-order valence-electron chi connectivity index (χ2n) is 7.78. The molecule has 2 aromatic heterocycles. The van der Waals surface area contributed by atoms with E-state index in [9.17, 15) is 18.0 Å². The molecule has 0 amide bonds. The highest BCUT2D eigenvalue weighted by molar-refractivity contribution is 5.83. The number of carboxylic acid groups (broad SMARTS) is 1. The van der Waals surface area contributed by atoms with Gasteiger partial charge in [-0.05, 0) is 56.3 Å². The zero-order chi connectivity index (χ0) is 24.7. The molecule has 0 aliphatic rings. The molecule has 34 heavy (non-hydrogen) atoms. The maximum atomic E-state index is 13.5. The van der Waals surface area contributed by atoms with E-state index in [1.807, 2.05) is 0 Å². The Bertz CT molecular complexity index is 1340. The van der Waals surface area contributed by atoms with Crippen LogP contribution in [0.3, 0.4) is 0 Å². The van der Waals surface area contributed by atoms with Crippen molar-refractivity contribution in [3.63, 3.8) is 0 Å². The van der Waals surface area contributed by atoms with Gasteiger partial charge in [0.2, 0.25) is 0 Å². The van der Waals surface area contributed by atoms with Crippen LogP contribution in [0.25, 0.3) is 22.7 Å². The van der Waals surface area contributed by atoms with Crippen LogP contribution in [0.1, 0.15) is 35.7 Å². The third-order valence-corrected chi connectivity index (χ3v) is 4.98. The first-order valence-corrected chi connectivity index (χ1v) is 9.93. The lowest BCUT2D eigenvalue weighted by atomic mass is 10.0. The Morgan fingerprint density at radius 1 is 1.09 bits per heavy atom. The Morgan fingerprint density at radius 2 is 1.76 bits per heavy atom. The van der Waals surface area contributed by atoms with Crippen LogP contribution in [0, 0.1) is 6.92 Å². The number of alkyl halides is 3. The molecule has 0 atom stereocenters. The number of ether oxygens (including phenoxy) is 1. The van der Waals surface area contributed by atoms with Crippen molar-refractivity contribution in [3.8, 4) is 28.5 Å². The van der Waals surface area contributed by atoms with Gasteiger partial charge in [-0.3, -0.25) is 0 Å². The van der Waals surface area contributed by atoms with E-state index in [0.717, 1.165) is 6.07 Å². The van der Waals surface area contributed by atoms with Gasteiger partial charge in [0.25, 0.3) is 11.7 Å². The Kier molecular flexibility index (Phi) is 5.59. The van der Waals surface area contributed by atoms with Crippen LogP contribution in [0.15, 0.2) is 53.1 Å². The van der Waals surface area contributed by atoms with Crippen LogP contribution in [-0.2, 0) is 11.9 Å². The minimum atomic E-state index is -4.54. The lowest BCUT2D eigenvalue weighted by Crippen LogP contribution is -2.35. The molecular formula is C22H18F3N5O4. The predicted molar refractivity (Wildman–Crippen MR) is 112 cm³/mol. The average Bonchev–Trinajstić information content (AvgIpc) is 3.41. The lowest BCUT2D eigenvalue weighted by Gasteiger charge is -2.27. The van der Waals surface area contributed by atoms with Crippen LogP contribution >= 0.6 is 0 Å². The molecule has 0 spiro atoms. The third kappa shape index (κ3) is 4.34. The first kappa shape index (κ1) is 23.0. The fourth-order valence-corrected chi connectivity index (χ4v) is 3.45. The summed E-state index contributed by atoms with van der Waals surface area (Å²) in [6.45, 7) is 5.00. The largest absolute Gasteiger partial charge is 0.475 e. The number of carboxylic acids is 1. The summed E-state index contributed by atoms with van der Waals surface area (Å²) in [7, 11) is 0. The highest BCUT2D eigenvalue weighted by atomic mass is 19.4. The van der Waals surface area contributed by atoms with Gasteiger partial charge in [0.15, 0.2) is 5.72 Å². The molecule has 9 nitrogen and oxygen atoms in total. The molecule has 0 aliphatic carbocycles. The molecule has 0 radical (unpaired) electrons. The maximum absolute atomic E-state index is 13.5. The zero-order valence-electron chi connectivity index (χ0n) is 18.2. The smallest absolute Gasteiger partial charge is 0.417 e. The summed E-state index contributed by atoms with van der Waals surface area (Å²) < 4.78 is 52.8. The van der Waals surface area contributed by atoms with Crippen LogP contribution in [0.2, 0.25) is 0 Å². The number of benzene rings is 2. The highest BCUT2D eigenvalue weighted by Crippen LogP contribution is 2.38. The number of nitrogens with zero attached hydrogens (tertiary/aromatic N) is 5. The zero-order valence-corrected chi connectivity index (χ0v) is 18.2. The molecule has 0 saturated heterocycles. The maximum Gasteiger partial charge on any atom is 0.417 e. The van der Waals surface area contributed by atoms with E-state index in [-0.39, 0.29) is 17.1 Å². The van der Waals surface area contributed by atoms with Gasteiger partial charge in [0.05, 0.1) is 11.3 Å². The van der Waals surface area contributed by atoms with Crippen molar-refractivity contribution in [2.75, 3.05) is 0 Å². The number of aromatic carboxylic acids is 1. The molecule has 2 heterocycles. The lowest BCUT2D eigenvalue weighted by molar-refractivity contribution is -0.137. The Morgan fingerprint density at radius 3 is 2.38 bits per heavy atom. The quantitative estimate of drug-likeness (QED) is 0.425. The second-order valence-corrected chi connectivity index (χ2v) is 7.78. The van der Waals surface area contributed by atoms with Gasteiger partial charge < -0.3 is 14.4 Å². The topological polar surface area (TPSA) is 116 Å². The summed E-state index contributed by atoms with van der Waals surface area (Å²) in [5, 5.41) is 20.3. The summed E-state index contributed by atoms with van der Waals surface area (Å²) in [6.07, 6.45) is -4.54. The second kappa shape index (κ2) is 8.28. The summed E-state index contributed by atoms with van der Waals surface area (Å²) in [4.78, 5) is 14.7. The van der Waals surface area contributed by atoms with Crippen LogP contribution in [-0.4, -0.2) is 36.2 Å². The molecule has 4 rings (SSSR count). The molecule has 4 aromatic rings. The minimum Gasteiger partial charge on any atom is -0.475 e. The van der Waals surface area contributed by atoms with Gasteiger partial charge >= 0.3 is 12.1 Å². The normalized spacial score (nSPS) is 12.1. The summed E-state index contributed by atoms with van der Waals surface area (Å²) >= 11 is 0. The monoisotopic (exact) mass is 473 g/mol. The predicted octanol–water partition coefficient (Wildman–Crippen LogP) is 4.79. The van der Waals surface area contributed by atoms with E-state index in [2.05, 4.69) is 20.5 Å². The number of rotatable bonds is 6. The van der Waals surface area contributed by atoms with Gasteiger partial charge in [0, 0.05) is 11.1 Å². The van der Waals surface area contributed by atoms with Crippen molar-refractivity contribution in [1.82, 2.24) is 25.1 Å². The standard InChI is InChI=1S/C22H18F3N5O4/c1-12-17(15-6-4-5-7-16(15)22(23,24)25)27-29-30(12)21(2,3)33-14-10-8-13(9-11-14)19-26-18(20(31)32)28-34-19/h4-11H,1-3H3,(H,31,32). The van der Waals surface area contributed by atoms with E-state index >= 15 is 0 Å². The van der Waals surface area contributed by atoms with Gasteiger partial charge in [0.1, 0.15) is 11.4 Å². The van der Waals surface area contributed by atoms with Gasteiger partial charge in [-0.25, -0.2) is 9.48 Å². The van der Waals surface area contributed by atoms with Crippen LogP contribution in [0.4, 0.5) is 13.2 Å². The summed E-state index contributed by atoms with van der Waals surface area (Å²) in [6, 6.07) is 11.6. The van der Waals surface area contributed by atoms with Gasteiger partial charge in [-0.2, -0.15) is 18.2 Å². The first-order chi connectivity index (χ1) is 16.0. The number of carbonyl (C=O) groups is 1. The van der Waals surface area contributed by atoms with Crippen molar-refractivity contribution < 1.29 is 32.3 Å². The minimum absolute atomic E-state index is 0.0308. The number of hydrogen-bond acceptors (Lipinski definition) is 7. The van der Waals surface area contributed by atoms with Crippen LogP contribution in [0.5, 0.6) is 5.75 Å². The summed E-state index contributed by atoms with van der Waals surface area (Å²) in [5.41, 5.74) is -1.000. The first-order valence-electron chi connectivity index (χ1n) is 9.93. The van der Waals surface area contributed by atoms with Gasteiger partial charge in [-0.15, -0.1) is 5.10 Å². The molecule has 2 aromatic carbocycles. The van der Waals surface area contributed by atoms with Crippen molar-refractivity contribution in [3.05, 3.63) is 65.6 Å². The average molecular weight is 473 g/mol. The van der Waals surface area contributed by atoms with Crippen molar-refractivity contribution in [2.24, 2.45) is 0 Å². The molecule has 12 heteroatoms. The molecule has 0 saturated carbocycles. The Balaban J connectivity index is 1.59. The number of halogens is 3.